The summed E-state index contributed by atoms with van der Waals surface area (Å²) in [6.07, 6.45) is 2.91. The number of hydrogen-bond donors (Lipinski definition) is 2. The van der Waals surface area contributed by atoms with Crippen molar-refractivity contribution in [1.82, 2.24) is 14.9 Å². The lowest BCUT2D eigenvalue weighted by Gasteiger charge is -2.30. The van der Waals surface area contributed by atoms with Crippen LogP contribution in [0.25, 0.3) is 0 Å². The fraction of sp³-hybridized carbons (Fsp3) is 0.625. The molecule has 1 atom stereocenters. The highest BCUT2D eigenvalue weighted by atomic mass is 32.2. The molecule has 0 aromatic carbocycles. The molecular weight excluding hydrogens is 362 g/mol. The second kappa shape index (κ2) is 8.77. The van der Waals surface area contributed by atoms with E-state index < -0.39 is 10.0 Å². The van der Waals surface area contributed by atoms with E-state index in [1.54, 1.807) is 0 Å². The van der Waals surface area contributed by atoms with Crippen molar-refractivity contribution in [1.29, 1.82) is 0 Å². The molecule has 2 rings (SSSR count). The number of nitrogens with zero attached hydrogens (tertiary/aromatic N) is 1. The minimum absolute atomic E-state index is 0.113. The zero-order valence-corrected chi connectivity index (χ0v) is 16.2. The van der Waals surface area contributed by atoms with Crippen molar-refractivity contribution in [3.05, 3.63) is 22.4 Å². The molecule has 1 aliphatic heterocycles. The number of sulfonamides is 1. The van der Waals surface area contributed by atoms with Crippen LogP contribution in [0, 0.1) is 5.92 Å². The van der Waals surface area contributed by atoms with Crippen molar-refractivity contribution >= 4 is 33.2 Å². The Morgan fingerprint density at radius 1 is 1.36 bits per heavy atom. The van der Waals surface area contributed by atoms with Crippen LogP contribution in [0.15, 0.2) is 17.5 Å². The molecule has 1 aliphatic rings. The topological polar surface area (TPSA) is 95.6 Å². The van der Waals surface area contributed by atoms with E-state index in [0.717, 1.165) is 17.7 Å². The summed E-state index contributed by atoms with van der Waals surface area (Å²) in [5.41, 5.74) is 0. The van der Waals surface area contributed by atoms with Crippen LogP contribution >= 0.6 is 11.3 Å². The molecule has 1 aromatic heterocycles. The van der Waals surface area contributed by atoms with Crippen LogP contribution in [0.1, 0.15) is 37.1 Å². The van der Waals surface area contributed by atoms with Crippen molar-refractivity contribution in [2.75, 3.05) is 25.9 Å². The van der Waals surface area contributed by atoms with Crippen molar-refractivity contribution < 1.29 is 18.0 Å². The number of hydrogen-bond acceptors (Lipinski definition) is 5. The van der Waals surface area contributed by atoms with E-state index in [1.165, 1.54) is 28.8 Å². The number of carbonyl (C=O) groups is 2. The second-order valence-corrected chi connectivity index (χ2v) is 9.34. The highest BCUT2D eigenvalue weighted by Gasteiger charge is 2.25. The lowest BCUT2D eigenvalue weighted by Crippen LogP contribution is -2.41. The molecule has 2 amide bonds. The van der Waals surface area contributed by atoms with Crippen molar-refractivity contribution in [3.63, 3.8) is 0 Å². The maximum absolute atomic E-state index is 12.2. The molecule has 1 unspecified atom stereocenters. The van der Waals surface area contributed by atoms with Crippen LogP contribution in [0.4, 0.5) is 0 Å². The second-order valence-electron chi connectivity index (χ2n) is 6.38. The largest absolute Gasteiger partial charge is 0.356 e. The number of carbonyl (C=O) groups excluding carboxylic acids is 2. The Labute approximate surface area is 152 Å². The summed E-state index contributed by atoms with van der Waals surface area (Å²) in [5, 5.41) is 7.64. The summed E-state index contributed by atoms with van der Waals surface area (Å²) in [7, 11) is -3.13. The van der Waals surface area contributed by atoms with E-state index in [9.17, 15) is 18.0 Å². The van der Waals surface area contributed by atoms with Crippen LogP contribution in [0.3, 0.4) is 0 Å². The predicted octanol–water partition coefficient (Wildman–Crippen LogP) is 1.10. The summed E-state index contributed by atoms with van der Waals surface area (Å²) in [4.78, 5) is 24.5. The van der Waals surface area contributed by atoms with Crippen LogP contribution in [0.5, 0.6) is 0 Å². The standard InChI is InChI=1S/C16H25N3O4S2/c1-12(20)18-14(15-4-3-9-24-15)10-16(21)17-11-13-5-7-19(8-6-13)25(2,22)23/h3-4,9,13-14H,5-8,10-11H2,1-2H3,(H,17,21)(H,18,20). The Morgan fingerprint density at radius 2 is 2.04 bits per heavy atom. The van der Waals surface area contributed by atoms with E-state index in [4.69, 9.17) is 0 Å². The first kappa shape index (κ1) is 19.9. The maximum Gasteiger partial charge on any atom is 0.222 e. The zero-order valence-electron chi connectivity index (χ0n) is 14.5. The van der Waals surface area contributed by atoms with Gasteiger partial charge in [-0.15, -0.1) is 11.3 Å². The molecule has 0 spiro atoms. The zero-order chi connectivity index (χ0) is 18.4. The molecule has 2 heterocycles. The Morgan fingerprint density at radius 3 is 2.56 bits per heavy atom. The number of nitrogens with one attached hydrogen (secondary N) is 2. The van der Waals surface area contributed by atoms with E-state index in [2.05, 4.69) is 10.6 Å². The molecule has 1 aromatic rings. The highest BCUT2D eigenvalue weighted by molar-refractivity contribution is 7.88. The molecule has 1 saturated heterocycles. The van der Waals surface area contributed by atoms with Gasteiger partial charge < -0.3 is 10.6 Å². The summed E-state index contributed by atoms with van der Waals surface area (Å²) < 4.78 is 24.5. The lowest BCUT2D eigenvalue weighted by molar-refractivity contribution is -0.123. The average molecular weight is 388 g/mol. The van der Waals surface area contributed by atoms with Crippen LogP contribution in [-0.2, 0) is 19.6 Å². The molecule has 25 heavy (non-hydrogen) atoms. The third-order valence-electron chi connectivity index (χ3n) is 4.28. The fourth-order valence-corrected chi connectivity index (χ4v) is 4.57. The highest BCUT2D eigenvalue weighted by Crippen LogP contribution is 2.22. The van der Waals surface area contributed by atoms with E-state index in [1.807, 2.05) is 17.5 Å². The van der Waals surface area contributed by atoms with Gasteiger partial charge in [0.1, 0.15) is 0 Å². The van der Waals surface area contributed by atoms with Crippen molar-refractivity contribution in [2.24, 2.45) is 5.92 Å². The number of amides is 2. The Bertz CT molecular complexity index is 680. The average Bonchev–Trinajstić information content (AvgIpc) is 3.06. The predicted molar refractivity (Wildman–Crippen MR) is 97.6 cm³/mol. The number of rotatable bonds is 7. The van der Waals surface area contributed by atoms with Gasteiger partial charge in [-0.05, 0) is 30.2 Å². The third kappa shape index (κ3) is 6.41. The molecular formula is C16H25N3O4S2. The smallest absolute Gasteiger partial charge is 0.222 e. The molecule has 0 radical (unpaired) electrons. The van der Waals surface area contributed by atoms with Gasteiger partial charge >= 0.3 is 0 Å². The van der Waals surface area contributed by atoms with Gasteiger partial charge in [-0.1, -0.05) is 6.07 Å². The van der Waals surface area contributed by atoms with Gasteiger partial charge in [0, 0.05) is 31.4 Å². The number of thiophene rings is 1. The maximum atomic E-state index is 12.2. The number of piperidine rings is 1. The third-order valence-corrected chi connectivity index (χ3v) is 6.57. The first-order chi connectivity index (χ1) is 11.8. The first-order valence-electron chi connectivity index (χ1n) is 8.28. The van der Waals surface area contributed by atoms with E-state index >= 15 is 0 Å². The molecule has 9 heteroatoms. The molecule has 7 nitrogen and oxygen atoms in total. The Hall–Kier alpha value is -1.45. The van der Waals surface area contributed by atoms with Crippen LogP contribution < -0.4 is 10.6 Å². The minimum Gasteiger partial charge on any atom is -0.356 e. The van der Waals surface area contributed by atoms with Crippen LogP contribution in [-0.4, -0.2) is 50.4 Å². The van der Waals surface area contributed by atoms with Gasteiger partial charge in [-0.3, -0.25) is 9.59 Å². The van der Waals surface area contributed by atoms with Crippen molar-refractivity contribution in [3.8, 4) is 0 Å². The Kier molecular flexibility index (Phi) is 6.97. The SMILES string of the molecule is CC(=O)NC(CC(=O)NCC1CCN(S(C)(=O)=O)CC1)c1cccs1. The van der Waals surface area contributed by atoms with Crippen LogP contribution in [0.2, 0.25) is 0 Å². The lowest BCUT2D eigenvalue weighted by atomic mass is 9.98. The summed E-state index contributed by atoms with van der Waals surface area (Å²) in [6.45, 7) is 2.98. The monoisotopic (exact) mass is 387 g/mol. The van der Waals surface area contributed by atoms with E-state index in [0.29, 0.717) is 19.6 Å². The molecule has 2 N–H and O–H groups in total. The summed E-state index contributed by atoms with van der Waals surface area (Å²) in [6, 6.07) is 3.48. The molecule has 0 saturated carbocycles. The fourth-order valence-electron chi connectivity index (χ4n) is 2.92. The summed E-state index contributed by atoms with van der Waals surface area (Å²) >= 11 is 1.51. The minimum atomic E-state index is -3.13. The van der Waals surface area contributed by atoms with Gasteiger partial charge in [0.15, 0.2) is 0 Å². The normalized spacial score (nSPS) is 17.8. The van der Waals surface area contributed by atoms with Gasteiger partial charge in [-0.2, -0.15) is 0 Å². The van der Waals surface area contributed by atoms with Gasteiger partial charge in [0.2, 0.25) is 21.8 Å². The van der Waals surface area contributed by atoms with Gasteiger partial charge in [0.25, 0.3) is 0 Å². The molecule has 140 valence electrons. The molecule has 0 bridgehead atoms. The van der Waals surface area contributed by atoms with E-state index in [-0.39, 0.29) is 30.2 Å². The quantitative estimate of drug-likeness (QED) is 0.732. The molecule has 0 aliphatic carbocycles. The molecule has 1 fully saturated rings. The first-order valence-corrected chi connectivity index (χ1v) is 11.0. The van der Waals surface area contributed by atoms with Gasteiger partial charge in [-0.25, -0.2) is 12.7 Å². The summed E-state index contributed by atoms with van der Waals surface area (Å²) in [5.74, 6) is -0.0000523. The van der Waals surface area contributed by atoms with Gasteiger partial charge in [0.05, 0.1) is 18.7 Å². The Balaban J connectivity index is 1.79. The van der Waals surface area contributed by atoms with Crippen molar-refractivity contribution in [2.45, 2.75) is 32.2 Å².